The van der Waals surface area contributed by atoms with Gasteiger partial charge >= 0.3 is 0 Å². The Kier molecular flexibility index (Phi) is 7.87. The van der Waals surface area contributed by atoms with E-state index in [1.165, 1.54) is 17.3 Å². The van der Waals surface area contributed by atoms with Gasteiger partial charge in [-0.2, -0.15) is 5.26 Å². The van der Waals surface area contributed by atoms with E-state index < -0.39 is 0 Å². The average molecular weight is 485 g/mol. The third kappa shape index (κ3) is 5.74. The third-order valence-corrected chi connectivity index (χ3v) is 6.64. The van der Waals surface area contributed by atoms with E-state index in [-0.39, 0.29) is 17.5 Å². The largest absolute Gasteiger partial charge is 0.359 e. The molecule has 1 fully saturated rings. The molecule has 1 aliphatic heterocycles. The van der Waals surface area contributed by atoms with Crippen molar-refractivity contribution in [2.45, 2.75) is 19.9 Å². The summed E-state index contributed by atoms with van der Waals surface area (Å²) in [6.45, 7) is 6.46. The molecule has 3 aromatic carbocycles. The van der Waals surface area contributed by atoms with Crippen LogP contribution in [0.1, 0.15) is 28.3 Å². The number of nitrogens with zero attached hydrogens (tertiary/aromatic N) is 3. The number of hydrogen-bond acceptors (Lipinski definition) is 4. The van der Waals surface area contributed by atoms with E-state index in [9.17, 15) is 10.1 Å². The van der Waals surface area contributed by atoms with Crippen molar-refractivity contribution in [2.75, 3.05) is 31.5 Å². The van der Waals surface area contributed by atoms with E-state index in [0.29, 0.717) is 23.8 Å². The highest BCUT2D eigenvalue weighted by atomic mass is 35.5. The molecular weight excluding hydrogens is 456 g/mol. The van der Waals surface area contributed by atoms with Gasteiger partial charge in [0.25, 0.3) is 5.91 Å². The molecule has 0 atom stereocenters. The van der Waals surface area contributed by atoms with Crippen LogP contribution >= 0.6 is 11.6 Å². The maximum Gasteiger partial charge on any atom is 0.266 e. The summed E-state index contributed by atoms with van der Waals surface area (Å²) in [5, 5.41) is 13.3. The van der Waals surface area contributed by atoms with Gasteiger partial charge in [0.05, 0.1) is 16.8 Å². The Balaban J connectivity index is 1.46. The number of rotatable bonds is 6. The molecule has 6 heteroatoms. The quantitative estimate of drug-likeness (QED) is 0.359. The van der Waals surface area contributed by atoms with Crippen molar-refractivity contribution in [1.29, 1.82) is 5.26 Å². The van der Waals surface area contributed by atoms with E-state index in [4.69, 9.17) is 11.6 Å². The van der Waals surface area contributed by atoms with Crippen LogP contribution in [0.2, 0.25) is 5.02 Å². The summed E-state index contributed by atoms with van der Waals surface area (Å²) >= 11 is 6.36. The molecule has 1 N–H and O–H groups in total. The van der Waals surface area contributed by atoms with Crippen molar-refractivity contribution < 1.29 is 4.79 Å². The highest BCUT2D eigenvalue weighted by Crippen LogP contribution is 2.30. The van der Waals surface area contributed by atoms with E-state index in [1.54, 1.807) is 4.90 Å². The molecule has 178 valence electrons. The third-order valence-electron chi connectivity index (χ3n) is 6.34. The van der Waals surface area contributed by atoms with Gasteiger partial charge in [-0.1, -0.05) is 78.3 Å². The summed E-state index contributed by atoms with van der Waals surface area (Å²) in [7, 11) is 0. The molecular formula is C29H29ClN4O. The highest BCUT2D eigenvalue weighted by molar-refractivity contribution is 6.33. The lowest BCUT2D eigenvalue weighted by atomic mass is 9.96. The number of hydrogen-bond donors (Lipinski definition) is 1. The monoisotopic (exact) mass is 484 g/mol. The predicted molar refractivity (Wildman–Crippen MR) is 141 cm³/mol. The zero-order valence-corrected chi connectivity index (χ0v) is 20.8. The number of anilines is 1. The van der Waals surface area contributed by atoms with Gasteiger partial charge in [-0.15, -0.1) is 0 Å². The fraction of sp³-hybridized carbons (Fsp3) is 0.241. The molecule has 1 aliphatic rings. The summed E-state index contributed by atoms with van der Waals surface area (Å²) in [5.41, 5.74) is 5.24. The summed E-state index contributed by atoms with van der Waals surface area (Å²) in [6.07, 6.45) is 1.47. The molecule has 0 bridgehead atoms. The number of carbonyl (C=O) groups excluding carboxylic acids is 1. The van der Waals surface area contributed by atoms with Gasteiger partial charge in [-0.3, -0.25) is 9.69 Å². The second kappa shape index (κ2) is 11.2. The van der Waals surface area contributed by atoms with E-state index >= 15 is 0 Å². The number of halogens is 1. The number of nitrogens with one attached hydrogen (secondary N) is 1. The number of piperazine rings is 1. The summed E-state index contributed by atoms with van der Waals surface area (Å²) in [5.74, 6) is -0.267. The number of amides is 1. The van der Waals surface area contributed by atoms with Crippen molar-refractivity contribution >= 4 is 23.2 Å². The molecule has 0 spiro atoms. The summed E-state index contributed by atoms with van der Waals surface area (Å²) < 4.78 is 0. The molecule has 0 aromatic heterocycles. The standard InChI is InChI=1S/C29H29ClN4O/c1-21-17-22(2)27(26(30)18-21)32-20-25(19-31)29(35)34-15-13-33(14-16-34)28(23-9-5-3-6-10-23)24-11-7-4-8-12-24/h3-12,17-18,20,28,32H,13-16H2,1-2H3/b25-20-. The molecule has 4 rings (SSSR count). The molecule has 1 amide bonds. The Morgan fingerprint density at radius 3 is 2.06 bits per heavy atom. The van der Waals surface area contributed by atoms with Crippen molar-refractivity contribution in [1.82, 2.24) is 9.80 Å². The first-order chi connectivity index (χ1) is 17.0. The second-order valence-electron chi connectivity index (χ2n) is 8.80. The Morgan fingerprint density at radius 1 is 0.971 bits per heavy atom. The van der Waals surface area contributed by atoms with Gasteiger partial charge < -0.3 is 10.2 Å². The van der Waals surface area contributed by atoms with Crippen LogP contribution in [0.4, 0.5) is 5.69 Å². The van der Waals surface area contributed by atoms with Gasteiger partial charge in [-0.05, 0) is 42.2 Å². The van der Waals surface area contributed by atoms with Crippen LogP contribution < -0.4 is 5.32 Å². The van der Waals surface area contributed by atoms with Crippen LogP contribution in [0.5, 0.6) is 0 Å². The number of benzene rings is 3. The minimum absolute atomic E-state index is 0.0668. The maximum atomic E-state index is 13.1. The van der Waals surface area contributed by atoms with Crippen molar-refractivity contribution in [3.8, 4) is 6.07 Å². The number of carbonyl (C=O) groups is 1. The van der Waals surface area contributed by atoms with Crippen LogP contribution in [0.25, 0.3) is 0 Å². The molecule has 0 unspecified atom stereocenters. The SMILES string of the molecule is Cc1cc(C)c(N/C=C(/C#N)C(=O)N2CCN(C(c3ccccc3)c3ccccc3)CC2)c(Cl)c1. The zero-order valence-electron chi connectivity index (χ0n) is 20.0. The lowest BCUT2D eigenvalue weighted by molar-refractivity contribution is -0.128. The van der Waals surface area contributed by atoms with Crippen LogP contribution in [-0.4, -0.2) is 41.9 Å². The molecule has 3 aromatic rings. The molecule has 1 saturated heterocycles. The Morgan fingerprint density at radius 2 is 1.54 bits per heavy atom. The van der Waals surface area contributed by atoms with Crippen LogP contribution in [0, 0.1) is 25.2 Å². The molecule has 35 heavy (non-hydrogen) atoms. The van der Waals surface area contributed by atoms with E-state index in [2.05, 4.69) is 64.8 Å². The maximum absolute atomic E-state index is 13.1. The first kappa shape index (κ1) is 24.5. The Hall–Kier alpha value is -3.59. The van der Waals surface area contributed by atoms with Crippen molar-refractivity contribution in [3.63, 3.8) is 0 Å². The minimum Gasteiger partial charge on any atom is -0.359 e. The van der Waals surface area contributed by atoms with Crippen molar-refractivity contribution in [2.24, 2.45) is 0 Å². The van der Waals surface area contributed by atoms with E-state index in [0.717, 1.165) is 24.2 Å². The van der Waals surface area contributed by atoms with Gasteiger partial charge in [0.15, 0.2) is 0 Å². The number of aryl methyl sites for hydroxylation is 2. The van der Waals surface area contributed by atoms with E-state index in [1.807, 2.05) is 38.1 Å². The van der Waals surface area contributed by atoms with Crippen LogP contribution in [0.3, 0.4) is 0 Å². The van der Waals surface area contributed by atoms with Crippen LogP contribution in [-0.2, 0) is 4.79 Å². The fourth-order valence-corrected chi connectivity index (χ4v) is 5.00. The molecule has 1 heterocycles. The zero-order chi connectivity index (χ0) is 24.8. The normalized spacial score (nSPS) is 14.6. The lowest BCUT2D eigenvalue weighted by Crippen LogP contribution is -2.50. The molecule has 0 aliphatic carbocycles. The first-order valence-corrected chi connectivity index (χ1v) is 12.1. The van der Waals surface area contributed by atoms with Gasteiger partial charge in [-0.25, -0.2) is 0 Å². The topological polar surface area (TPSA) is 59.4 Å². The molecule has 5 nitrogen and oxygen atoms in total. The fourth-order valence-electron chi connectivity index (χ4n) is 4.62. The lowest BCUT2D eigenvalue weighted by Gasteiger charge is -2.39. The summed E-state index contributed by atoms with van der Waals surface area (Å²) in [4.78, 5) is 17.3. The van der Waals surface area contributed by atoms with Crippen LogP contribution in [0.15, 0.2) is 84.6 Å². The summed E-state index contributed by atoms with van der Waals surface area (Å²) in [6, 6.07) is 26.9. The Bertz CT molecular complexity index is 1180. The smallest absolute Gasteiger partial charge is 0.266 e. The average Bonchev–Trinajstić information content (AvgIpc) is 2.87. The molecule has 0 saturated carbocycles. The molecule has 0 radical (unpaired) electrons. The van der Waals surface area contributed by atoms with Crippen molar-refractivity contribution in [3.05, 3.63) is 112 Å². The minimum atomic E-state index is -0.267. The predicted octanol–water partition coefficient (Wildman–Crippen LogP) is 5.71. The van der Waals surface area contributed by atoms with Gasteiger partial charge in [0.1, 0.15) is 11.6 Å². The van der Waals surface area contributed by atoms with Gasteiger partial charge in [0, 0.05) is 32.4 Å². The number of nitriles is 1. The van der Waals surface area contributed by atoms with Gasteiger partial charge in [0.2, 0.25) is 0 Å². The second-order valence-corrected chi connectivity index (χ2v) is 9.21. The Labute approximate surface area is 212 Å². The highest BCUT2D eigenvalue weighted by Gasteiger charge is 2.29. The first-order valence-electron chi connectivity index (χ1n) is 11.7.